The second kappa shape index (κ2) is 7.08. The summed E-state index contributed by atoms with van der Waals surface area (Å²) in [5.74, 6) is -0.384. The van der Waals surface area contributed by atoms with Gasteiger partial charge in [-0.05, 0) is 42.3 Å². The Balaban J connectivity index is 1.61. The van der Waals surface area contributed by atoms with Crippen molar-refractivity contribution in [3.63, 3.8) is 0 Å². The molecule has 24 heavy (non-hydrogen) atoms. The zero-order valence-corrected chi connectivity index (χ0v) is 13.3. The lowest BCUT2D eigenvalue weighted by molar-refractivity contribution is -0.121. The van der Waals surface area contributed by atoms with Crippen LogP contribution in [0.4, 0.5) is 4.39 Å². The Morgan fingerprint density at radius 2 is 1.88 bits per heavy atom. The summed E-state index contributed by atoms with van der Waals surface area (Å²) in [5, 5.41) is 7.20. The third kappa shape index (κ3) is 3.87. The van der Waals surface area contributed by atoms with E-state index in [9.17, 15) is 9.18 Å². The van der Waals surface area contributed by atoms with Crippen molar-refractivity contribution in [3.8, 4) is 5.69 Å². The molecule has 0 aliphatic carbocycles. The van der Waals surface area contributed by atoms with Gasteiger partial charge in [-0.2, -0.15) is 5.10 Å². The summed E-state index contributed by atoms with van der Waals surface area (Å²) in [4.78, 5) is 12.2. The summed E-state index contributed by atoms with van der Waals surface area (Å²) >= 11 is 0. The number of halogens is 1. The van der Waals surface area contributed by atoms with Crippen molar-refractivity contribution < 1.29 is 9.18 Å². The summed E-state index contributed by atoms with van der Waals surface area (Å²) < 4.78 is 14.7. The van der Waals surface area contributed by atoms with E-state index in [-0.39, 0.29) is 24.2 Å². The average molecular weight is 323 g/mol. The number of nitrogens with one attached hydrogen (secondary N) is 1. The highest BCUT2D eigenvalue weighted by Gasteiger charge is 2.11. The lowest BCUT2D eigenvalue weighted by Crippen LogP contribution is -2.28. The Morgan fingerprint density at radius 3 is 2.58 bits per heavy atom. The minimum absolute atomic E-state index is 0.0977. The lowest BCUT2D eigenvalue weighted by atomic mass is 10.1. The number of aromatic nitrogens is 2. The number of carbonyl (C=O) groups excluding carboxylic acids is 1. The molecular formula is C19H18FN3O. The van der Waals surface area contributed by atoms with Crippen LogP contribution < -0.4 is 5.32 Å². The van der Waals surface area contributed by atoms with E-state index in [2.05, 4.69) is 10.4 Å². The molecule has 1 N–H and O–H groups in total. The zero-order valence-electron chi connectivity index (χ0n) is 13.3. The Hall–Kier alpha value is -2.95. The number of hydrogen-bond donors (Lipinski definition) is 1. The molecule has 0 fully saturated rings. The predicted molar refractivity (Wildman–Crippen MR) is 90.2 cm³/mol. The average Bonchev–Trinajstić information content (AvgIpc) is 3.04. The Labute approximate surface area is 139 Å². The lowest BCUT2D eigenvalue weighted by Gasteiger charge is -2.14. The second-order valence-electron chi connectivity index (χ2n) is 5.65. The van der Waals surface area contributed by atoms with Gasteiger partial charge in [0, 0.05) is 6.20 Å². The monoisotopic (exact) mass is 323 g/mol. The quantitative estimate of drug-likeness (QED) is 0.782. The van der Waals surface area contributed by atoms with Crippen molar-refractivity contribution in [1.29, 1.82) is 0 Å². The van der Waals surface area contributed by atoms with Gasteiger partial charge in [0.05, 0.1) is 24.3 Å². The largest absolute Gasteiger partial charge is 0.349 e. The van der Waals surface area contributed by atoms with Crippen LogP contribution in [0, 0.1) is 5.82 Å². The molecule has 5 heteroatoms. The van der Waals surface area contributed by atoms with Crippen LogP contribution in [0.5, 0.6) is 0 Å². The molecule has 0 aliphatic heterocycles. The molecule has 122 valence electrons. The highest BCUT2D eigenvalue weighted by molar-refractivity contribution is 5.78. The number of benzene rings is 2. The maximum Gasteiger partial charge on any atom is 0.225 e. The van der Waals surface area contributed by atoms with E-state index in [4.69, 9.17) is 0 Å². The first-order chi connectivity index (χ1) is 11.6. The van der Waals surface area contributed by atoms with Crippen LogP contribution in [-0.4, -0.2) is 15.7 Å². The maximum atomic E-state index is 12.9. The Kier molecular flexibility index (Phi) is 4.70. The fourth-order valence-electron chi connectivity index (χ4n) is 2.49. The fraction of sp³-hybridized carbons (Fsp3) is 0.158. The van der Waals surface area contributed by atoms with Crippen molar-refractivity contribution in [1.82, 2.24) is 15.1 Å². The standard InChI is InChI=1S/C19H18FN3O/c1-14(16-7-9-17(20)10-8-16)22-19(24)11-15-12-21-23(13-15)18-5-3-2-4-6-18/h2-10,12-14H,11H2,1H3,(H,22,24)/t14-/m1/s1. The number of amides is 1. The van der Waals surface area contributed by atoms with Gasteiger partial charge in [0.2, 0.25) is 5.91 Å². The van der Waals surface area contributed by atoms with Crippen molar-refractivity contribution in [3.05, 3.63) is 83.9 Å². The smallest absolute Gasteiger partial charge is 0.225 e. The number of rotatable bonds is 5. The van der Waals surface area contributed by atoms with Gasteiger partial charge in [0.25, 0.3) is 0 Å². The van der Waals surface area contributed by atoms with Crippen molar-refractivity contribution >= 4 is 5.91 Å². The van der Waals surface area contributed by atoms with Gasteiger partial charge in [-0.1, -0.05) is 30.3 Å². The summed E-state index contributed by atoms with van der Waals surface area (Å²) in [5.41, 5.74) is 2.65. The van der Waals surface area contributed by atoms with Crippen LogP contribution in [0.1, 0.15) is 24.1 Å². The molecule has 3 aromatic rings. The van der Waals surface area contributed by atoms with Crippen LogP contribution in [0.2, 0.25) is 0 Å². The van der Waals surface area contributed by atoms with E-state index >= 15 is 0 Å². The van der Waals surface area contributed by atoms with E-state index in [1.165, 1.54) is 12.1 Å². The summed E-state index contributed by atoms with van der Waals surface area (Å²) in [7, 11) is 0. The van der Waals surface area contributed by atoms with Gasteiger partial charge in [0.1, 0.15) is 5.82 Å². The molecule has 0 saturated carbocycles. The number of carbonyl (C=O) groups is 1. The first-order valence-corrected chi connectivity index (χ1v) is 7.75. The maximum absolute atomic E-state index is 12.9. The Morgan fingerprint density at radius 1 is 1.17 bits per heavy atom. The van der Waals surface area contributed by atoms with Crippen LogP contribution in [0.15, 0.2) is 67.0 Å². The van der Waals surface area contributed by atoms with E-state index in [0.29, 0.717) is 0 Å². The van der Waals surface area contributed by atoms with Crippen molar-refractivity contribution in [2.45, 2.75) is 19.4 Å². The van der Waals surface area contributed by atoms with Crippen molar-refractivity contribution in [2.24, 2.45) is 0 Å². The molecule has 0 aliphatic rings. The van der Waals surface area contributed by atoms with Crippen LogP contribution in [0.25, 0.3) is 5.69 Å². The predicted octanol–water partition coefficient (Wildman–Crippen LogP) is 3.43. The molecule has 1 atom stereocenters. The normalized spacial score (nSPS) is 11.9. The minimum atomic E-state index is -0.286. The van der Waals surface area contributed by atoms with E-state index in [1.807, 2.05) is 43.5 Å². The van der Waals surface area contributed by atoms with Gasteiger partial charge in [-0.15, -0.1) is 0 Å². The number of hydrogen-bond acceptors (Lipinski definition) is 2. The Bertz CT molecular complexity index is 812. The summed E-state index contributed by atoms with van der Waals surface area (Å²) in [6, 6.07) is 15.7. The second-order valence-corrected chi connectivity index (χ2v) is 5.65. The molecule has 1 aromatic heterocycles. The van der Waals surface area contributed by atoms with Gasteiger partial charge < -0.3 is 5.32 Å². The first kappa shape index (κ1) is 15.9. The SMILES string of the molecule is C[C@@H](NC(=O)Cc1cnn(-c2ccccc2)c1)c1ccc(F)cc1. The molecule has 0 saturated heterocycles. The molecular weight excluding hydrogens is 305 g/mol. The molecule has 0 radical (unpaired) electrons. The van der Waals surface area contributed by atoms with Crippen LogP contribution >= 0.6 is 0 Å². The van der Waals surface area contributed by atoms with E-state index in [0.717, 1.165) is 16.8 Å². The van der Waals surface area contributed by atoms with Crippen LogP contribution in [0.3, 0.4) is 0 Å². The third-order valence-corrected chi connectivity index (χ3v) is 3.77. The molecule has 1 heterocycles. The van der Waals surface area contributed by atoms with E-state index < -0.39 is 0 Å². The summed E-state index contributed by atoms with van der Waals surface area (Å²) in [6.45, 7) is 1.87. The first-order valence-electron chi connectivity index (χ1n) is 7.75. The summed E-state index contributed by atoms with van der Waals surface area (Å²) in [6.07, 6.45) is 3.78. The van der Waals surface area contributed by atoms with Gasteiger partial charge in [-0.3, -0.25) is 4.79 Å². The fourth-order valence-corrected chi connectivity index (χ4v) is 2.49. The molecule has 0 bridgehead atoms. The minimum Gasteiger partial charge on any atom is -0.349 e. The highest BCUT2D eigenvalue weighted by atomic mass is 19.1. The topological polar surface area (TPSA) is 46.9 Å². The molecule has 3 rings (SSSR count). The van der Waals surface area contributed by atoms with Crippen LogP contribution in [-0.2, 0) is 11.2 Å². The van der Waals surface area contributed by atoms with Gasteiger partial charge in [-0.25, -0.2) is 9.07 Å². The molecule has 2 aromatic carbocycles. The third-order valence-electron chi connectivity index (χ3n) is 3.77. The molecule has 1 amide bonds. The van der Waals surface area contributed by atoms with Gasteiger partial charge in [0.15, 0.2) is 0 Å². The van der Waals surface area contributed by atoms with Crippen molar-refractivity contribution in [2.75, 3.05) is 0 Å². The highest BCUT2D eigenvalue weighted by Crippen LogP contribution is 2.13. The van der Waals surface area contributed by atoms with E-state index in [1.54, 1.807) is 23.0 Å². The molecule has 0 unspecified atom stereocenters. The molecule has 0 spiro atoms. The zero-order chi connectivity index (χ0) is 16.9. The van der Waals surface area contributed by atoms with Gasteiger partial charge >= 0.3 is 0 Å². The number of nitrogens with zero attached hydrogens (tertiary/aromatic N) is 2. The number of para-hydroxylation sites is 1. The molecule has 4 nitrogen and oxygen atoms in total.